The van der Waals surface area contributed by atoms with Gasteiger partial charge < -0.3 is 9.30 Å². The lowest BCUT2D eigenvalue weighted by atomic mass is 10.2. The highest BCUT2D eigenvalue weighted by Gasteiger charge is 2.15. The van der Waals surface area contributed by atoms with Crippen molar-refractivity contribution in [1.82, 2.24) is 9.55 Å². The molecule has 0 unspecified atom stereocenters. The Labute approximate surface area is 106 Å². The van der Waals surface area contributed by atoms with Crippen molar-refractivity contribution in [3.8, 4) is 0 Å². The first-order valence-corrected chi connectivity index (χ1v) is 5.94. The number of aromatic nitrogens is 2. The molecule has 0 aromatic carbocycles. The van der Waals surface area contributed by atoms with Gasteiger partial charge in [0.1, 0.15) is 5.69 Å². The third kappa shape index (κ3) is 2.59. The summed E-state index contributed by atoms with van der Waals surface area (Å²) in [6, 6.07) is 5.79. The summed E-state index contributed by atoms with van der Waals surface area (Å²) in [7, 11) is 0. The maximum Gasteiger partial charge on any atom is 0.355 e. The monoisotopic (exact) mass is 244 g/mol. The summed E-state index contributed by atoms with van der Waals surface area (Å²) in [5, 5.41) is 0. The molecule has 0 spiro atoms. The van der Waals surface area contributed by atoms with Crippen molar-refractivity contribution >= 4 is 5.97 Å². The minimum absolute atomic E-state index is 0.269. The number of rotatable bonds is 4. The highest BCUT2D eigenvalue weighted by molar-refractivity contribution is 5.89. The number of esters is 1. The van der Waals surface area contributed by atoms with E-state index in [1.807, 2.05) is 42.8 Å². The van der Waals surface area contributed by atoms with Crippen LogP contribution in [0.4, 0.5) is 0 Å². The topological polar surface area (TPSA) is 44.1 Å². The van der Waals surface area contributed by atoms with Crippen LogP contribution in [0.2, 0.25) is 0 Å². The van der Waals surface area contributed by atoms with Crippen LogP contribution in [0.25, 0.3) is 0 Å². The molecule has 2 rings (SSSR count). The molecule has 4 heteroatoms. The quantitative estimate of drug-likeness (QED) is 0.776. The van der Waals surface area contributed by atoms with Gasteiger partial charge >= 0.3 is 5.97 Å². The molecular weight excluding hydrogens is 228 g/mol. The Morgan fingerprint density at radius 1 is 1.33 bits per heavy atom. The highest BCUT2D eigenvalue weighted by Crippen LogP contribution is 2.13. The van der Waals surface area contributed by atoms with Gasteiger partial charge in [0.15, 0.2) is 0 Å². The lowest BCUT2D eigenvalue weighted by Gasteiger charge is -2.09. The van der Waals surface area contributed by atoms with E-state index in [1.54, 1.807) is 12.4 Å². The predicted molar refractivity (Wildman–Crippen MR) is 68.5 cm³/mol. The summed E-state index contributed by atoms with van der Waals surface area (Å²) >= 11 is 0. The van der Waals surface area contributed by atoms with Crippen molar-refractivity contribution in [2.75, 3.05) is 6.61 Å². The SMILES string of the molecule is CCOC(=O)c1c(C)ccn1Cc1ccncc1. The van der Waals surface area contributed by atoms with Gasteiger partial charge in [-0.25, -0.2) is 4.79 Å². The molecule has 0 aliphatic rings. The molecule has 0 atom stereocenters. The Hall–Kier alpha value is -2.10. The molecule has 0 radical (unpaired) electrons. The summed E-state index contributed by atoms with van der Waals surface area (Å²) in [5.74, 6) is -0.269. The van der Waals surface area contributed by atoms with E-state index in [0.717, 1.165) is 11.1 Å². The molecule has 0 bridgehead atoms. The molecule has 0 N–H and O–H groups in total. The third-order valence-corrected chi connectivity index (χ3v) is 2.74. The molecule has 94 valence electrons. The first-order chi connectivity index (χ1) is 8.72. The van der Waals surface area contributed by atoms with Crippen LogP contribution in [0.5, 0.6) is 0 Å². The highest BCUT2D eigenvalue weighted by atomic mass is 16.5. The molecule has 2 aromatic rings. The number of carbonyl (C=O) groups is 1. The number of hydrogen-bond donors (Lipinski definition) is 0. The largest absolute Gasteiger partial charge is 0.461 e. The molecule has 0 saturated heterocycles. The standard InChI is InChI=1S/C14H16N2O2/c1-3-18-14(17)13-11(2)6-9-16(13)10-12-4-7-15-8-5-12/h4-9H,3,10H2,1-2H3. The first-order valence-electron chi connectivity index (χ1n) is 5.94. The fourth-order valence-corrected chi connectivity index (χ4v) is 1.88. The molecule has 0 saturated carbocycles. The molecule has 4 nitrogen and oxygen atoms in total. The minimum Gasteiger partial charge on any atom is -0.461 e. The number of nitrogens with zero attached hydrogens (tertiary/aromatic N) is 2. The van der Waals surface area contributed by atoms with Gasteiger partial charge in [0.2, 0.25) is 0 Å². The zero-order valence-corrected chi connectivity index (χ0v) is 10.6. The molecule has 0 fully saturated rings. The second kappa shape index (κ2) is 5.49. The molecule has 0 amide bonds. The molecule has 0 aliphatic carbocycles. The van der Waals surface area contributed by atoms with Crippen LogP contribution >= 0.6 is 0 Å². The number of pyridine rings is 1. The minimum atomic E-state index is -0.269. The molecule has 2 heterocycles. The average molecular weight is 244 g/mol. The van der Waals surface area contributed by atoms with E-state index in [4.69, 9.17) is 4.74 Å². The van der Waals surface area contributed by atoms with Crippen molar-refractivity contribution in [2.24, 2.45) is 0 Å². The van der Waals surface area contributed by atoms with E-state index < -0.39 is 0 Å². The smallest absolute Gasteiger partial charge is 0.355 e. The summed E-state index contributed by atoms with van der Waals surface area (Å²) in [4.78, 5) is 15.9. The summed E-state index contributed by atoms with van der Waals surface area (Å²) in [6.45, 7) is 4.75. The van der Waals surface area contributed by atoms with E-state index in [9.17, 15) is 4.79 Å². The average Bonchev–Trinajstić information content (AvgIpc) is 2.72. The van der Waals surface area contributed by atoms with E-state index in [-0.39, 0.29) is 5.97 Å². The Bertz CT molecular complexity index is 532. The van der Waals surface area contributed by atoms with Crippen LogP contribution in [0.1, 0.15) is 28.5 Å². The van der Waals surface area contributed by atoms with Gasteiger partial charge in [-0.15, -0.1) is 0 Å². The van der Waals surface area contributed by atoms with Crippen LogP contribution in [0, 0.1) is 6.92 Å². The van der Waals surface area contributed by atoms with Gasteiger partial charge in [-0.3, -0.25) is 4.98 Å². The Balaban J connectivity index is 2.26. The van der Waals surface area contributed by atoms with Crippen LogP contribution < -0.4 is 0 Å². The third-order valence-electron chi connectivity index (χ3n) is 2.74. The van der Waals surface area contributed by atoms with Gasteiger partial charge in [0.25, 0.3) is 0 Å². The van der Waals surface area contributed by atoms with Gasteiger partial charge in [-0.05, 0) is 43.2 Å². The maximum atomic E-state index is 11.9. The lowest BCUT2D eigenvalue weighted by Crippen LogP contribution is -2.13. The molecule has 2 aromatic heterocycles. The Morgan fingerprint density at radius 2 is 2.06 bits per heavy atom. The zero-order chi connectivity index (χ0) is 13.0. The fourth-order valence-electron chi connectivity index (χ4n) is 1.88. The van der Waals surface area contributed by atoms with Gasteiger partial charge in [0.05, 0.1) is 6.61 Å². The van der Waals surface area contributed by atoms with Crippen LogP contribution in [-0.4, -0.2) is 22.1 Å². The summed E-state index contributed by atoms with van der Waals surface area (Å²) < 4.78 is 6.98. The van der Waals surface area contributed by atoms with E-state index >= 15 is 0 Å². The van der Waals surface area contributed by atoms with Crippen LogP contribution in [-0.2, 0) is 11.3 Å². The molecule has 18 heavy (non-hydrogen) atoms. The Kier molecular flexibility index (Phi) is 3.77. The second-order valence-electron chi connectivity index (χ2n) is 4.05. The van der Waals surface area contributed by atoms with Crippen molar-refractivity contribution in [2.45, 2.75) is 20.4 Å². The van der Waals surface area contributed by atoms with Crippen molar-refractivity contribution in [1.29, 1.82) is 0 Å². The number of hydrogen-bond acceptors (Lipinski definition) is 3. The van der Waals surface area contributed by atoms with Crippen LogP contribution in [0.3, 0.4) is 0 Å². The maximum absolute atomic E-state index is 11.9. The first kappa shape index (κ1) is 12.4. The number of ether oxygens (including phenoxy) is 1. The molecular formula is C14H16N2O2. The molecule has 0 aliphatic heterocycles. The second-order valence-corrected chi connectivity index (χ2v) is 4.05. The summed E-state index contributed by atoms with van der Waals surface area (Å²) in [5.41, 5.74) is 2.65. The fraction of sp³-hybridized carbons (Fsp3) is 0.286. The summed E-state index contributed by atoms with van der Waals surface area (Å²) in [6.07, 6.45) is 5.40. The van der Waals surface area contributed by atoms with Crippen molar-refractivity contribution in [3.63, 3.8) is 0 Å². The predicted octanol–water partition coefficient (Wildman–Crippen LogP) is 2.42. The van der Waals surface area contributed by atoms with Gasteiger partial charge in [-0.2, -0.15) is 0 Å². The van der Waals surface area contributed by atoms with E-state index in [2.05, 4.69) is 4.98 Å². The number of aryl methyl sites for hydroxylation is 1. The van der Waals surface area contributed by atoms with E-state index in [0.29, 0.717) is 18.8 Å². The normalized spacial score (nSPS) is 10.3. The zero-order valence-electron chi connectivity index (χ0n) is 10.6. The van der Waals surface area contributed by atoms with E-state index in [1.165, 1.54) is 0 Å². The van der Waals surface area contributed by atoms with Crippen LogP contribution in [0.15, 0.2) is 36.8 Å². The number of carbonyl (C=O) groups excluding carboxylic acids is 1. The lowest BCUT2D eigenvalue weighted by molar-refractivity contribution is 0.0513. The Morgan fingerprint density at radius 3 is 2.72 bits per heavy atom. The van der Waals surface area contributed by atoms with Crippen molar-refractivity contribution in [3.05, 3.63) is 53.6 Å². The van der Waals surface area contributed by atoms with Crippen molar-refractivity contribution < 1.29 is 9.53 Å². The van der Waals surface area contributed by atoms with Gasteiger partial charge in [-0.1, -0.05) is 0 Å². The van der Waals surface area contributed by atoms with Gasteiger partial charge in [0, 0.05) is 25.1 Å².